The fourth-order valence-electron chi connectivity index (χ4n) is 8.22. The van der Waals surface area contributed by atoms with Gasteiger partial charge in [0.1, 0.15) is 23.0 Å². The van der Waals surface area contributed by atoms with E-state index in [1.807, 2.05) is 74.5 Å². The van der Waals surface area contributed by atoms with E-state index in [1.54, 1.807) is 12.1 Å². The number of aromatic hydroxyl groups is 4. The van der Waals surface area contributed by atoms with Crippen molar-refractivity contribution in [3.63, 3.8) is 0 Å². The first-order chi connectivity index (χ1) is 34.9. The monoisotopic (exact) mass is 976 g/mol. The Morgan fingerprint density at radius 1 is 0.458 bits per heavy atom. The number of anilines is 2. The van der Waals surface area contributed by atoms with Crippen LogP contribution in [0.1, 0.15) is 132 Å². The Morgan fingerprint density at radius 3 is 0.972 bits per heavy atom. The molecule has 72 heavy (non-hydrogen) atoms. The summed E-state index contributed by atoms with van der Waals surface area (Å²) in [7, 11) is 0. The van der Waals surface area contributed by atoms with Crippen molar-refractivity contribution >= 4 is 23.2 Å². The summed E-state index contributed by atoms with van der Waals surface area (Å²) < 4.78 is 26.6. The number of carbonyl (C=O) groups is 2. The van der Waals surface area contributed by atoms with Crippen LogP contribution < -0.4 is 29.6 Å². The first kappa shape index (κ1) is 54.6. The van der Waals surface area contributed by atoms with Gasteiger partial charge in [0.25, 0.3) is 11.8 Å². The second-order valence-corrected chi connectivity index (χ2v) is 16.9. The fourth-order valence-corrected chi connectivity index (χ4v) is 8.22. The minimum atomic E-state index is -0.593. The molecule has 0 saturated heterocycles. The Morgan fingerprint density at radius 2 is 0.708 bits per heavy atom. The van der Waals surface area contributed by atoms with Gasteiger partial charge in [-0.2, -0.15) is 10.5 Å². The van der Waals surface area contributed by atoms with Crippen molar-refractivity contribution in [3.05, 3.63) is 153 Å². The summed E-state index contributed by atoms with van der Waals surface area (Å²) in [6.07, 6.45) is 4.44. The number of benzene rings is 6. The number of nitriles is 2. The summed E-state index contributed by atoms with van der Waals surface area (Å²) in [6, 6.07) is 31.6. The third-order valence-corrected chi connectivity index (χ3v) is 11.2. The molecule has 0 unspecified atom stereocenters. The number of phenolic OH excluding ortho intramolecular Hbond substituents is 4. The first-order valence-electron chi connectivity index (χ1n) is 24.2. The SMILES string of the molecule is CC#N.CC#N.CCCOc1c2cccc1Cc1cc(NC(=O)c3cccc(O)c3O)cc(c1OCCC)Cc1cccc(c1OCCC)Cc1cc(NC(=O)c3cccc(O)c3O)cc(c1OCCC)C2. The number of hydrogen-bond acceptors (Lipinski definition) is 12. The van der Waals surface area contributed by atoms with Crippen LogP contribution in [0, 0.1) is 22.7 Å². The van der Waals surface area contributed by atoms with Crippen LogP contribution in [0.2, 0.25) is 0 Å². The first-order valence-corrected chi connectivity index (χ1v) is 24.2. The highest BCUT2D eigenvalue weighted by Gasteiger charge is 2.25. The molecule has 7 rings (SSSR count). The van der Waals surface area contributed by atoms with E-state index in [9.17, 15) is 30.0 Å². The molecule has 8 bridgehead atoms. The number of hydrogen-bond donors (Lipinski definition) is 6. The lowest BCUT2D eigenvalue weighted by Gasteiger charge is -2.24. The van der Waals surface area contributed by atoms with E-state index in [0.29, 0.717) is 86.5 Å². The number of phenols is 4. The molecule has 0 aromatic heterocycles. The van der Waals surface area contributed by atoms with Crippen LogP contribution in [0.5, 0.6) is 46.0 Å². The largest absolute Gasteiger partial charge is 0.504 e. The van der Waals surface area contributed by atoms with E-state index in [0.717, 1.165) is 70.2 Å². The van der Waals surface area contributed by atoms with Gasteiger partial charge in [0.05, 0.1) is 49.7 Å². The van der Waals surface area contributed by atoms with E-state index in [-0.39, 0.29) is 11.1 Å². The normalized spacial score (nSPS) is 11.2. The molecule has 0 aliphatic heterocycles. The minimum Gasteiger partial charge on any atom is -0.504 e. The average molecular weight is 977 g/mol. The quantitative estimate of drug-likeness (QED) is 0.0498. The standard InChI is InChI=1S/C54H58N2O10.2C2H3N/c1-5-21-63-49-33-13-9-14-34(49)26-38-30-42(56-54(62)44-18-12-20-46(58)48(44)60)32-40(52(38)66-24-8-4)28-36-16-10-15-35(50(36)64-22-6-2)27-39-31-41(29-37(25-33)51(39)65-23-7-3)55-53(61)43-17-11-19-45(57)47(43)59;2*1-2-3/h9-20,29-32,57-60H,5-8,21-28H2,1-4H3,(H,55,61)(H,56,62);2*1H3. The topological polar surface area (TPSA) is 224 Å². The summed E-state index contributed by atoms with van der Waals surface area (Å²) in [6.45, 7) is 12.8. The van der Waals surface area contributed by atoms with E-state index in [1.165, 1.54) is 50.2 Å². The third kappa shape index (κ3) is 13.9. The van der Waals surface area contributed by atoms with Crippen LogP contribution in [0.4, 0.5) is 11.4 Å². The fraction of sp³-hybridized carbons (Fsp3) is 0.310. The van der Waals surface area contributed by atoms with Crippen molar-refractivity contribution < 1.29 is 49.0 Å². The lowest BCUT2D eigenvalue weighted by atomic mass is 9.90. The van der Waals surface area contributed by atoms with Gasteiger partial charge in [0.2, 0.25) is 0 Å². The van der Waals surface area contributed by atoms with Crippen molar-refractivity contribution in [2.75, 3.05) is 37.1 Å². The predicted octanol–water partition coefficient (Wildman–Crippen LogP) is 11.9. The van der Waals surface area contributed by atoms with Gasteiger partial charge in [-0.1, -0.05) is 76.2 Å². The van der Waals surface area contributed by atoms with Crippen molar-refractivity contribution in [1.29, 1.82) is 10.5 Å². The maximum Gasteiger partial charge on any atom is 0.259 e. The molecule has 2 amide bonds. The highest BCUT2D eigenvalue weighted by molar-refractivity contribution is 6.07. The number of carbonyl (C=O) groups excluding carboxylic acids is 2. The van der Waals surface area contributed by atoms with Gasteiger partial charge in [-0.15, -0.1) is 0 Å². The molecule has 1 aliphatic carbocycles. The van der Waals surface area contributed by atoms with Crippen LogP contribution in [0.25, 0.3) is 0 Å². The predicted molar refractivity (Wildman–Crippen MR) is 278 cm³/mol. The molecule has 6 aromatic rings. The van der Waals surface area contributed by atoms with Crippen molar-refractivity contribution in [2.45, 2.75) is 92.9 Å². The van der Waals surface area contributed by atoms with Gasteiger partial charge in [0.15, 0.2) is 23.0 Å². The molecule has 0 saturated carbocycles. The number of nitrogens with zero attached hydrogens (tertiary/aromatic N) is 2. The Hall–Kier alpha value is -8.36. The zero-order valence-corrected chi connectivity index (χ0v) is 41.9. The molecule has 6 N–H and O–H groups in total. The second kappa shape index (κ2) is 27.1. The highest BCUT2D eigenvalue weighted by atomic mass is 16.5. The van der Waals surface area contributed by atoms with Crippen LogP contribution in [0.3, 0.4) is 0 Å². The molecule has 1 aliphatic rings. The number of para-hydroxylation sites is 4. The molecule has 0 radical (unpaired) electrons. The highest BCUT2D eigenvalue weighted by Crippen LogP contribution is 2.42. The van der Waals surface area contributed by atoms with Gasteiger partial charge >= 0.3 is 0 Å². The third-order valence-electron chi connectivity index (χ3n) is 11.2. The molecule has 376 valence electrons. The molecule has 0 atom stereocenters. The number of nitrogens with one attached hydrogen (secondary N) is 2. The minimum absolute atomic E-state index is 0.0736. The zero-order valence-electron chi connectivity index (χ0n) is 41.9. The van der Waals surface area contributed by atoms with Crippen molar-refractivity contribution in [2.24, 2.45) is 0 Å². The molecule has 14 heteroatoms. The Bertz CT molecular complexity index is 2630. The van der Waals surface area contributed by atoms with Gasteiger partial charge in [-0.25, -0.2) is 0 Å². The second-order valence-electron chi connectivity index (χ2n) is 16.9. The van der Waals surface area contributed by atoms with Gasteiger partial charge in [0, 0.05) is 73.2 Å². The number of fused-ring (bicyclic) bond motifs is 8. The average Bonchev–Trinajstić information content (AvgIpc) is 3.35. The number of ether oxygens (including phenoxy) is 4. The summed E-state index contributed by atoms with van der Waals surface area (Å²) in [4.78, 5) is 27.6. The van der Waals surface area contributed by atoms with Gasteiger partial charge in [-0.3, -0.25) is 9.59 Å². The van der Waals surface area contributed by atoms with Gasteiger partial charge < -0.3 is 50.0 Å². The van der Waals surface area contributed by atoms with E-state index >= 15 is 0 Å². The smallest absolute Gasteiger partial charge is 0.259 e. The van der Waals surface area contributed by atoms with E-state index < -0.39 is 34.8 Å². The zero-order chi connectivity index (χ0) is 52.2. The summed E-state index contributed by atoms with van der Waals surface area (Å²) >= 11 is 0. The van der Waals surface area contributed by atoms with Crippen LogP contribution in [-0.2, 0) is 25.7 Å². The molecule has 0 spiro atoms. The van der Waals surface area contributed by atoms with Crippen LogP contribution in [0.15, 0.2) is 97.1 Å². The number of amides is 2. The Labute approximate surface area is 422 Å². The molecule has 14 nitrogen and oxygen atoms in total. The lowest BCUT2D eigenvalue weighted by Crippen LogP contribution is -2.15. The van der Waals surface area contributed by atoms with Crippen LogP contribution >= 0.6 is 0 Å². The van der Waals surface area contributed by atoms with E-state index in [2.05, 4.69) is 24.5 Å². The van der Waals surface area contributed by atoms with Crippen molar-refractivity contribution in [1.82, 2.24) is 0 Å². The van der Waals surface area contributed by atoms with Crippen LogP contribution in [-0.4, -0.2) is 58.7 Å². The van der Waals surface area contributed by atoms with Crippen molar-refractivity contribution in [3.8, 4) is 58.1 Å². The maximum absolute atomic E-state index is 13.8. The van der Waals surface area contributed by atoms with Gasteiger partial charge in [-0.05, 0) is 96.5 Å². The maximum atomic E-state index is 13.8. The van der Waals surface area contributed by atoms with E-state index in [4.69, 9.17) is 29.5 Å². The Kier molecular flexibility index (Phi) is 20.6. The number of rotatable bonds is 16. The molecule has 0 heterocycles. The molecular weight excluding hydrogens is 913 g/mol. The summed E-state index contributed by atoms with van der Waals surface area (Å²) in [5.74, 6) is -0.266. The molecular formula is C58H64N4O10. The molecule has 0 fully saturated rings. The Balaban J connectivity index is 0.00000153. The summed E-state index contributed by atoms with van der Waals surface area (Å²) in [5.41, 5.74) is 7.49. The lowest BCUT2D eigenvalue weighted by molar-refractivity contribution is 0.101. The molecule has 6 aromatic carbocycles. The summed E-state index contributed by atoms with van der Waals surface area (Å²) in [5, 5.41) is 62.3.